The second-order valence-electron chi connectivity index (χ2n) is 10.2. The number of nitro benzene ring substituents is 1. The fraction of sp³-hybridized carbons (Fsp3) is 0.182. The molecule has 6 rings (SSSR count). The van der Waals surface area contributed by atoms with E-state index in [0.29, 0.717) is 26.1 Å². The number of carbonyl (C=O) groups is 1. The molecular formula is C33H29N3O3. The van der Waals surface area contributed by atoms with Crippen molar-refractivity contribution in [1.82, 2.24) is 9.47 Å². The van der Waals surface area contributed by atoms with E-state index in [1.807, 2.05) is 71.6 Å². The number of nitro groups is 1. The van der Waals surface area contributed by atoms with Crippen LogP contribution in [0.2, 0.25) is 0 Å². The minimum absolute atomic E-state index is 0.0481. The largest absolute Gasteiger partial charge is 0.343 e. The van der Waals surface area contributed by atoms with Crippen LogP contribution in [0.3, 0.4) is 0 Å². The van der Waals surface area contributed by atoms with E-state index in [0.717, 1.165) is 34.0 Å². The molecule has 5 aromatic rings. The molecular weight excluding hydrogens is 486 g/mol. The van der Waals surface area contributed by atoms with Crippen LogP contribution >= 0.6 is 0 Å². The van der Waals surface area contributed by atoms with E-state index in [1.165, 1.54) is 11.1 Å². The minimum Gasteiger partial charge on any atom is -0.343 e. The first-order valence-electron chi connectivity index (χ1n) is 13.3. The maximum absolute atomic E-state index is 13.8. The smallest absolute Gasteiger partial charge is 0.270 e. The number of non-ortho nitro benzene ring substituents is 1. The van der Waals surface area contributed by atoms with Crippen LogP contribution in [0.25, 0.3) is 10.9 Å². The van der Waals surface area contributed by atoms with Gasteiger partial charge in [-0.15, -0.1) is 0 Å². The van der Waals surface area contributed by atoms with Crippen molar-refractivity contribution in [3.05, 3.63) is 147 Å². The Labute approximate surface area is 227 Å². The van der Waals surface area contributed by atoms with Crippen LogP contribution in [0, 0.1) is 10.1 Å². The van der Waals surface area contributed by atoms with Crippen LogP contribution in [-0.4, -0.2) is 26.8 Å². The van der Waals surface area contributed by atoms with Crippen molar-refractivity contribution in [3.63, 3.8) is 0 Å². The van der Waals surface area contributed by atoms with Gasteiger partial charge in [-0.2, -0.15) is 0 Å². The van der Waals surface area contributed by atoms with Crippen LogP contribution in [0.5, 0.6) is 0 Å². The van der Waals surface area contributed by atoms with Gasteiger partial charge in [-0.1, -0.05) is 84.9 Å². The lowest BCUT2D eigenvalue weighted by molar-refractivity contribution is -0.384. The number of rotatable bonds is 7. The fourth-order valence-corrected chi connectivity index (χ4v) is 5.72. The molecule has 6 heteroatoms. The Morgan fingerprint density at radius 2 is 1.56 bits per heavy atom. The molecule has 2 heterocycles. The fourth-order valence-electron chi connectivity index (χ4n) is 5.72. The third-order valence-electron chi connectivity index (χ3n) is 7.74. The molecule has 1 amide bonds. The highest BCUT2D eigenvalue weighted by atomic mass is 16.6. The van der Waals surface area contributed by atoms with Crippen molar-refractivity contribution in [3.8, 4) is 0 Å². The van der Waals surface area contributed by atoms with E-state index in [4.69, 9.17) is 0 Å². The molecule has 1 aliphatic heterocycles. The summed E-state index contributed by atoms with van der Waals surface area (Å²) >= 11 is 0. The van der Waals surface area contributed by atoms with Gasteiger partial charge < -0.3 is 9.47 Å². The molecule has 0 spiro atoms. The molecule has 0 radical (unpaired) electrons. The number of nitrogens with zero attached hydrogens (tertiary/aromatic N) is 3. The van der Waals surface area contributed by atoms with Crippen molar-refractivity contribution >= 4 is 22.5 Å². The topological polar surface area (TPSA) is 68.4 Å². The van der Waals surface area contributed by atoms with Crippen molar-refractivity contribution in [2.75, 3.05) is 6.54 Å². The van der Waals surface area contributed by atoms with Crippen LogP contribution < -0.4 is 0 Å². The molecule has 1 atom stereocenters. The van der Waals surface area contributed by atoms with Crippen molar-refractivity contribution in [2.45, 2.75) is 31.8 Å². The first-order valence-corrected chi connectivity index (χ1v) is 13.3. The van der Waals surface area contributed by atoms with Crippen molar-refractivity contribution in [1.29, 1.82) is 0 Å². The summed E-state index contributed by atoms with van der Waals surface area (Å²) in [7, 11) is 0. The second kappa shape index (κ2) is 10.6. The molecule has 0 N–H and O–H groups in total. The monoisotopic (exact) mass is 515 g/mol. The summed E-state index contributed by atoms with van der Waals surface area (Å²) in [5.41, 5.74) is 6.56. The van der Waals surface area contributed by atoms with Crippen LogP contribution in [0.1, 0.15) is 40.2 Å². The zero-order valence-electron chi connectivity index (χ0n) is 21.6. The van der Waals surface area contributed by atoms with Gasteiger partial charge in [-0.3, -0.25) is 14.9 Å². The Bertz CT molecular complexity index is 1640. The van der Waals surface area contributed by atoms with Crippen molar-refractivity contribution in [2.24, 2.45) is 0 Å². The van der Waals surface area contributed by atoms with E-state index in [2.05, 4.69) is 35.0 Å². The van der Waals surface area contributed by atoms with Gasteiger partial charge in [0.2, 0.25) is 5.91 Å². The zero-order valence-corrected chi connectivity index (χ0v) is 21.6. The third-order valence-corrected chi connectivity index (χ3v) is 7.74. The van der Waals surface area contributed by atoms with Gasteiger partial charge in [0.05, 0.1) is 4.92 Å². The van der Waals surface area contributed by atoms with Crippen LogP contribution in [0.4, 0.5) is 5.69 Å². The quantitative estimate of drug-likeness (QED) is 0.179. The van der Waals surface area contributed by atoms with Gasteiger partial charge in [0.25, 0.3) is 5.69 Å². The van der Waals surface area contributed by atoms with Gasteiger partial charge in [0.1, 0.15) is 0 Å². The summed E-state index contributed by atoms with van der Waals surface area (Å²) in [5, 5.41) is 12.5. The molecule has 39 heavy (non-hydrogen) atoms. The first kappa shape index (κ1) is 24.6. The maximum atomic E-state index is 13.8. The molecule has 0 saturated heterocycles. The van der Waals surface area contributed by atoms with E-state index < -0.39 is 0 Å². The normalized spacial score (nSPS) is 13.7. The average Bonchev–Trinajstić information content (AvgIpc) is 3.33. The Hall–Kier alpha value is -4.71. The van der Waals surface area contributed by atoms with E-state index >= 15 is 0 Å². The molecule has 1 unspecified atom stereocenters. The molecule has 1 aromatic heterocycles. The molecule has 194 valence electrons. The summed E-state index contributed by atoms with van der Waals surface area (Å²) in [6, 6.07) is 33.5. The van der Waals surface area contributed by atoms with E-state index in [-0.39, 0.29) is 22.4 Å². The Balaban J connectivity index is 1.41. The second-order valence-corrected chi connectivity index (χ2v) is 10.2. The predicted molar refractivity (Wildman–Crippen MR) is 153 cm³/mol. The van der Waals surface area contributed by atoms with Gasteiger partial charge in [0.15, 0.2) is 0 Å². The highest BCUT2D eigenvalue weighted by Gasteiger charge is 2.28. The summed E-state index contributed by atoms with van der Waals surface area (Å²) in [4.78, 5) is 27.1. The van der Waals surface area contributed by atoms with E-state index in [9.17, 15) is 14.9 Å². The number of aromatic nitrogens is 1. The lowest BCUT2D eigenvalue weighted by Crippen LogP contribution is -2.36. The SMILES string of the molecule is O=C(CC(c1ccccc1)c1cn(Cc2ccccc2)c2ccc([N+](=O)[O-])cc12)N1CCc2ccccc2C1. The van der Waals surface area contributed by atoms with Gasteiger partial charge in [-0.05, 0) is 40.3 Å². The van der Waals surface area contributed by atoms with E-state index in [1.54, 1.807) is 12.1 Å². The number of amides is 1. The van der Waals surface area contributed by atoms with Gasteiger partial charge >= 0.3 is 0 Å². The predicted octanol–water partition coefficient (Wildman–Crippen LogP) is 6.70. The van der Waals surface area contributed by atoms with Gasteiger partial charge in [-0.25, -0.2) is 0 Å². The minimum atomic E-state index is -0.356. The van der Waals surface area contributed by atoms with Crippen LogP contribution in [-0.2, 0) is 24.3 Å². The number of carbonyl (C=O) groups excluding carboxylic acids is 1. The van der Waals surface area contributed by atoms with Crippen molar-refractivity contribution < 1.29 is 9.72 Å². The number of hydrogen-bond acceptors (Lipinski definition) is 3. The third kappa shape index (κ3) is 5.06. The maximum Gasteiger partial charge on any atom is 0.270 e. The molecule has 0 aliphatic carbocycles. The lowest BCUT2D eigenvalue weighted by atomic mass is 9.87. The molecule has 1 aliphatic rings. The van der Waals surface area contributed by atoms with Crippen LogP contribution in [0.15, 0.2) is 109 Å². The highest BCUT2D eigenvalue weighted by Crippen LogP contribution is 2.37. The Morgan fingerprint density at radius 3 is 2.31 bits per heavy atom. The molecule has 0 saturated carbocycles. The highest BCUT2D eigenvalue weighted by molar-refractivity contribution is 5.88. The summed E-state index contributed by atoms with van der Waals surface area (Å²) < 4.78 is 2.14. The summed E-state index contributed by atoms with van der Waals surface area (Å²) in [5.74, 6) is -0.148. The summed E-state index contributed by atoms with van der Waals surface area (Å²) in [6.45, 7) is 1.93. The van der Waals surface area contributed by atoms with Gasteiger partial charge in [0, 0.05) is 61.2 Å². The molecule has 0 fully saturated rings. The first-order chi connectivity index (χ1) is 19.1. The zero-order chi connectivity index (χ0) is 26.8. The lowest BCUT2D eigenvalue weighted by Gasteiger charge is -2.30. The molecule has 0 bridgehead atoms. The standard InChI is InChI=1S/C33H29N3O3/c37-33(34-18-17-25-11-7-8-14-27(25)22-34)20-29(26-12-5-2-6-13-26)31-23-35(21-24-9-3-1-4-10-24)32-16-15-28(36(38)39)19-30(31)32/h1-16,19,23,29H,17-18,20-22H2. The Morgan fingerprint density at radius 1 is 0.872 bits per heavy atom. The number of fused-ring (bicyclic) bond motifs is 2. The Kier molecular flexibility index (Phi) is 6.68. The number of hydrogen-bond donors (Lipinski definition) is 0. The molecule has 4 aromatic carbocycles. The average molecular weight is 516 g/mol. The number of benzene rings is 4. The molecule has 6 nitrogen and oxygen atoms in total. The summed E-state index contributed by atoms with van der Waals surface area (Å²) in [6.07, 6.45) is 3.22.